The Morgan fingerprint density at radius 1 is 1.50 bits per heavy atom. The van der Waals surface area contributed by atoms with Gasteiger partial charge >= 0.3 is 6.03 Å². The SMILES string of the molecule is CCCNC(=O)NC1CCC(CN)C1. The Morgan fingerprint density at radius 3 is 2.86 bits per heavy atom. The molecule has 0 spiro atoms. The van der Waals surface area contributed by atoms with Gasteiger partial charge in [0.1, 0.15) is 0 Å². The molecule has 82 valence electrons. The maximum Gasteiger partial charge on any atom is 0.315 e. The summed E-state index contributed by atoms with van der Waals surface area (Å²) in [5.41, 5.74) is 5.58. The van der Waals surface area contributed by atoms with Crippen LogP contribution in [-0.4, -0.2) is 25.2 Å². The molecule has 4 nitrogen and oxygen atoms in total. The molecule has 0 aliphatic heterocycles. The van der Waals surface area contributed by atoms with Crippen molar-refractivity contribution >= 4 is 6.03 Å². The Kier molecular flexibility index (Phi) is 4.73. The van der Waals surface area contributed by atoms with Crippen molar-refractivity contribution in [3.8, 4) is 0 Å². The van der Waals surface area contributed by atoms with Crippen LogP contribution in [-0.2, 0) is 0 Å². The predicted octanol–water partition coefficient (Wildman–Crippen LogP) is 0.823. The predicted molar refractivity (Wildman–Crippen MR) is 57.0 cm³/mol. The highest BCUT2D eigenvalue weighted by Crippen LogP contribution is 2.24. The molecule has 1 fully saturated rings. The first kappa shape index (κ1) is 11.3. The third kappa shape index (κ3) is 3.54. The fourth-order valence-electron chi connectivity index (χ4n) is 1.90. The lowest BCUT2D eigenvalue weighted by molar-refractivity contribution is 0.237. The third-order valence-electron chi connectivity index (χ3n) is 2.75. The van der Waals surface area contributed by atoms with Gasteiger partial charge in [0.05, 0.1) is 0 Å². The Balaban J connectivity index is 2.15. The summed E-state index contributed by atoms with van der Waals surface area (Å²) in [5, 5.41) is 5.78. The molecule has 0 saturated heterocycles. The van der Waals surface area contributed by atoms with Gasteiger partial charge in [-0.1, -0.05) is 6.92 Å². The van der Waals surface area contributed by atoms with Gasteiger partial charge in [-0.25, -0.2) is 4.79 Å². The highest BCUT2D eigenvalue weighted by atomic mass is 16.2. The fourth-order valence-corrected chi connectivity index (χ4v) is 1.90. The number of nitrogens with one attached hydrogen (secondary N) is 2. The second-order valence-electron chi connectivity index (χ2n) is 4.01. The summed E-state index contributed by atoms with van der Waals surface area (Å²) in [6.07, 6.45) is 4.23. The minimum atomic E-state index is -0.0329. The van der Waals surface area contributed by atoms with Crippen LogP contribution in [0.5, 0.6) is 0 Å². The quantitative estimate of drug-likeness (QED) is 0.627. The number of urea groups is 1. The number of nitrogens with two attached hydrogens (primary N) is 1. The molecule has 2 atom stereocenters. The maximum atomic E-state index is 11.3. The molecule has 0 radical (unpaired) electrons. The van der Waals surface area contributed by atoms with Crippen LogP contribution < -0.4 is 16.4 Å². The summed E-state index contributed by atoms with van der Waals surface area (Å²) in [7, 11) is 0. The second-order valence-corrected chi connectivity index (χ2v) is 4.01. The van der Waals surface area contributed by atoms with Gasteiger partial charge in [0.25, 0.3) is 0 Å². The molecule has 1 saturated carbocycles. The van der Waals surface area contributed by atoms with E-state index in [2.05, 4.69) is 10.6 Å². The zero-order valence-electron chi connectivity index (χ0n) is 8.88. The average Bonchev–Trinajstić information content (AvgIpc) is 2.62. The van der Waals surface area contributed by atoms with Gasteiger partial charge in [0, 0.05) is 12.6 Å². The lowest BCUT2D eigenvalue weighted by Gasteiger charge is -2.13. The molecule has 2 unspecified atom stereocenters. The van der Waals surface area contributed by atoms with E-state index in [1.165, 1.54) is 0 Å². The standard InChI is InChI=1S/C10H21N3O/c1-2-5-12-10(14)13-9-4-3-8(6-9)7-11/h8-9H,2-7,11H2,1H3,(H2,12,13,14). The molecule has 4 N–H and O–H groups in total. The highest BCUT2D eigenvalue weighted by Gasteiger charge is 2.24. The molecule has 0 aromatic carbocycles. The number of carbonyl (C=O) groups excluding carboxylic acids is 1. The van der Waals surface area contributed by atoms with Crippen molar-refractivity contribution < 1.29 is 4.79 Å². The first-order valence-corrected chi connectivity index (χ1v) is 5.50. The average molecular weight is 199 g/mol. The van der Waals surface area contributed by atoms with Crippen LogP contribution in [0.1, 0.15) is 32.6 Å². The minimum absolute atomic E-state index is 0.0329. The Hall–Kier alpha value is -0.770. The molecule has 0 aromatic rings. The largest absolute Gasteiger partial charge is 0.338 e. The van der Waals surface area contributed by atoms with Crippen molar-refractivity contribution in [3.63, 3.8) is 0 Å². The van der Waals surface area contributed by atoms with Gasteiger partial charge in [-0.3, -0.25) is 0 Å². The molecule has 14 heavy (non-hydrogen) atoms. The van der Waals surface area contributed by atoms with E-state index < -0.39 is 0 Å². The summed E-state index contributed by atoms with van der Waals surface area (Å²) < 4.78 is 0. The zero-order chi connectivity index (χ0) is 10.4. The van der Waals surface area contributed by atoms with Crippen molar-refractivity contribution in [2.24, 2.45) is 11.7 Å². The number of amides is 2. The normalized spacial score (nSPS) is 26.1. The summed E-state index contributed by atoms with van der Waals surface area (Å²) in [4.78, 5) is 11.3. The topological polar surface area (TPSA) is 67.2 Å². The number of carbonyl (C=O) groups is 1. The molecule has 1 aliphatic rings. The lowest BCUT2D eigenvalue weighted by atomic mass is 10.1. The number of hydrogen-bond acceptors (Lipinski definition) is 2. The van der Waals surface area contributed by atoms with E-state index in [4.69, 9.17) is 5.73 Å². The van der Waals surface area contributed by atoms with E-state index in [0.717, 1.165) is 38.8 Å². The molecule has 0 aromatic heterocycles. The molecule has 1 rings (SSSR count). The van der Waals surface area contributed by atoms with Crippen molar-refractivity contribution in [3.05, 3.63) is 0 Å². The summed E-state index contributed by atoms with van der Waals surface area (Å²) >= 11 is 0. The fraction of sp³-hybridized carbons (Fsp3) is 0.900. The molecule has 4 heteroatoms. The van der Waals surface area contributed by atoms with E-state index in [1.807, 2.05) is 6.92 Å². The van der Waals surface area contributed by atoms with E-state index in [0.29, 0.717) is 12.0 Å². The second kappa shape index (κ2) is 5.86. The van der Waals surface area contributed by atoms with Crippen molar-refractivity contribution in [1.29, 1.82) is 0 Å². The van der Waals surface area contributed by atoms with Gasteiger partial charge in [0.15, 0.2) is 0 Å². The first-order valence-electron chi connectivity index (χ1n) is 5.50. The van der Waals surface area contributed by atoms with E-state index in [9.17, 15) is 4.79 Å². The molecule has 1 aliphatic carbocycles. The minimum Gasteiger partial charge on any atom is -0.338 e. The van der Waals surface area contributed by atoms with E-state index in [1.54, 1.807) is 0 Å². The molecule has 0 heterocycles. The van der Waals surface area contributed by atoms with Gasteiger partial charge in [0.2, 0.25) is 0 Å². The van der Waals surface area contributed by atoms with Crippen molar-refractivity contribution in [2.45, 2.75) is 38.6 Å². The van der Waals surface area contributed by atoms with Gasteiger partial charge < -0.3 is 16.4 Å². The smallest absolute Gasteiger partial charge is 0.315 e. The first-order chi connectivity index (χ1) is 6.76. The lowest BCUT2D eigenvalue weighted by Crippen LogP contribution is -2.41. The van der Waals surface area contributed by atoms with E-state index >= 15 is 0 Å². The summed E-state index contributed by atoms with van der Waals surface area (Å²) in [5.74, 6) is 0.603. The zero-order valence-corrected chi connectivity index (χ0v) is 8.88. The Labute approximate surface area is 85.6 Å². The van der Waals surface area contributed by atoms with E-state index in [-0.39, 0.29) is 6.03 Å². The van der Waals surface area contributed by atoms with Crippen LogP contribution in [0.3, 0.4) is 0 Å². The van der Waals surface area contributed by atoms with Crippen LogP contribution in [0.25, 0.3) is 0 Å². The van der Waals surface area contributed by atoms with Crippen LogP contribution in [0, 0.1) is 5.92 Å². The van der Waals surface area contributed by atoms with Gasteiger partial charge in [-0.2, -0.15) is 0 Å². The van der Waals surface area contributed by atoms with Gasteiger partial charge in [-0.15, -0.1) is 0 Å². The van der Waals surface area contributed by atoms with Gasteiger partial charge in [-0.05, 0) is 38.1 Å². The molecule has 0 bridgehead atoms. The van der Waals surface area contributed by atoms with Crippen LogP contribution in [0.4, 0.5) is 4.79 Å². The monoisotopic (exact) mass is 199 g/mol. The summed E-state index contributed by atoms with van der Waals surface area (Å²) in [6.45, 7) is 3.54. The molecular weight excluding hydrogens is 178 g/mol. The number of rotatable bonds is 4. The van der Waals surface area contributed by atoms with Crippen LogP contribution in [0.2, 0.25) is 0 Å². The summed E-state index contributed by atoms with van der Waals surface area (Å²) in [6, 6.07) is 0.301. The Morgan fingerprint density at radius 2 is 2.29 bits per heavy atom. The van der Waals surface area contributed by atoms with Crippen LogP contribution >= 0.6 is 0 Å². The molecule has 2 amide bonds. The van der Waals surface area contributed by atoms with Crippen LogP contribution in [0.15, 0.2) is 0 Å². The third-order valence-corrected chi connectivity index (χ3v) is 2.75. The highest BCUT2D eigenvalue weighted by molar-refractivity contribution is 5.74. The molecular formula is C10H21N3O. The van der Waals surface area contributed by atoms with Crippen molar-refractivity contribution in [2.75, 3.05) is 13.1 Å². The Bertz CT molecular complexity index is 184. The number of hydrogen-bond donors (Lipinski definition) is 3. The van der Waals surface area contributed by atoms with Crippen molar-refractivity contribution in [1.82, 2.24) is 10.6 Å². The maximum absolute atomic E-state index is 11.3.